The number of hydrogen-bond acceptors (Lipinski definition) is 1. The number of benzene rings is 1. The van der Waals surface area contributed by atoms with Crippen LogP contribution in [0.2, 0.25) is 0 Å². The van der Waals surface area contributed by atoms with E-state index >= 15 is 0 Å². The molecule has 2 bridgehead atoms. The molecule has 2 aliphatic carbocycles. The molecule has 0 radical (unpaired) electrons. The lowest BCUT2D eigenvalue weighted by atomic mass is 9.83. The molecule has 2 aliphatic rings. The standard InChI is InChI=1S/C17H21FO/c1-10-5-15(18)6-11(2)17(10)16(19)9-14-8-12-3-4-13(14)7-12/h5-6,12-14H,3-4,7-9H2,1-2H3. The van der Waals surface area contributed by atoms with Gasteiger partial charge in [-0.2, -0.15) is 0 Å². The third-order valence-corrected chi connectivity index (χ3v) is 5.11. The van der Waals surface area contributed by atoms with E-state index in [0.717, 1.165) is 28.5 Å². The van der Waals surface area contributed by atoms with E-state index in [4.69, 9.17) is 0 Å². The van der Waals surface area contributed by atoms with E-state index < -0.39 is 0 Å². The number of halogens is 1. The SMILES string of the molecule is Cc1cc(F)cc(C)c1C(=O)CC1CC2CCC1C2. The highest BCUT2D eigenvalue weighted by molar-refractivity contribution is 5.99. The maximum atomic E-state index is 13.3. The number of ketones is 1. The van der Waals surface area contributed by atoms with Crippen LogP contribution in [-0.2, 0) is 0 Å². The average molecular weight is 260 g/mol. The second-order valence-electron chi connectivity index (χ2n) is 6.48. The van der Waals surface area contributed by atoms with Crippen LogP contribution in [0.4, 0.5) is 4.39 Å². The van der Waals surface area contributed by atoms with Crippen LogP contribution in [0.25, 0.3) is 0 Å². The molecule has 0 N–H and O–H groups in total. The molecule has 0 aromatic heterocycles. The largest absolute Gasteiger partial charge is 0.294 e. The molecule has 0 heterocycles. The van der Waals surface area contributed by atoms with Gasteiger partial charge in [0, 0.05) is 12.0 Å². The summed E-state index contributed by atoms with van der Waals surface area (Å²) in [5.74, 6) is 2.20. The van der Waals surface area contributed by atoms with Crippen LogP contribution >= 0.6 is 0 Å². The minimum absolute atomic E-state index is 0.215. The summed E-state index contributed by atoms with van der Waals surface area (Å²) in [6, 6.07) is 2.95. The van der Waals surface area contributed by atoms with Gasteiger partial charge in [-0.25, -0.2) is 4.39 Å². The summed E-state index contributed by atoms with van der Waals surface area (Å²) in [6.45, 7) is 3.67. The average Bonchev–Trinajstić information content (AvgIpc) is 2.89. The highest BCUT2D eigenvalue weighted by Gasteiger charge is 2.40. The Hall–Kier alpha value is -1.18. The van der Waals surface area contributed by atoms with Crippen molar-refractivity contribution in [2.24, 2.45) is 17.8 Å². The normalized spacial score (nSPS) is 28.9. The summed E-state index contributed by atoms with van der Waals surface area (Å²) in [7, 11) is 0. The Kier molecular flexibility index (Phi) is 3.20. The van der Waals surface area contributed by atoms with Gasteiger partial charge in [0.05, 0.1) is 0 Å². The maximum Gasteiger partial charge on any atom is 0.163 e. The van der Waals surface area contributed by atoms with Crippen molar-refractivity contribution in [3.05, 3.63) is 34.6 Å². The first-order valence-electron chi connectivity index (χ1n) is 7.34. The molecular formula is C17H21FO. The van der Waals surface area contributed by atoms with Crippen LogP contribution in [0.1, 0.15) is 53.6 Å². The third kappa shape index (κ3) is 2.33. The number of fused-ring (bicyclic) bond motifs is 2. The molecule has 3 unspecified atom stereocenters. The number of carbonyl (C=O) groups excluding carboxylic acids is 1. The first-order valence-corrected chi connectivity index (χ1v) is 7.34. The van der Waals surface area contributed by atoms with Crippen LogP contribution in [0, 0.1) is 37.4 Å². The number of Topliss-reactive ketones (excluding diaryl/α,β-unsaturated/α-hetero) is 1. The molecular weight excluding hydrogens is 239 g/mol. The predicted octanol–water partition coefficient (Wildman–Crippen LogP) is 4.45. The quantitative estimate of drug-likeness (QED) is 0.734. The molecule has 1 aromatic rings. The molecule has 3 atom stereocenters. The van der Waals surface area contributed by atoms with E-state index in [1.165, 1.54) is 37.8 Å². The smallest absolute Gasteiger partial charge is 0.163 e. The van der Waals surface area contributed by atoms with E-state index in [2.05, 4.69) is 0 Å². The zero-order chi connectivity index (χ0) is 13.6. The second-order valence-corrected chi connectivity index (χ2v) is 6.48. The summed E-state index contributed by atoms with van der Waals surface area (Å²) in [4.78, 5) is 12.5. The number of carbonyl (C=O) groups is 1. The first kappa shape index (κ1) is 12.8. The van der Waals surface area contributed by atoms with Crippen molar-refractivity contribution < 1.29 is 9.18 Å². The molecule has 102 valence electrons. The summed E-state index contributed by atoms with van der Waals surface area (Å²) >= 11 is 0. The van der Waals surface area contributed by atoms with Crippen molar-refractivity contribution in [2.75, 3.05) is 0 Å². The molecule has 0 saturated heterocycles. The molecule has 2 heteroatoms. The highest BCUT2D eigenvalue weighted by Crippen LogP contribution is 2.49. The minimum Gasteiger partial charge on any atom is -0.294 e. The fourth-order valence-electron chi connectivity index (χ4n) is 4.32. The van der Waals surface area contributed by atoms with Crippen LogP contribution < -0.4 is 0 Å². The van der Waals surface area contributed by atoms with Gasteiger partial charge in [-0.1, -0.05) is 6.42 Å². The fourth-order valence-corrected chi connectivity index (χ4v) is 4.32. The summed E-state index contributed by atoms with van der Waals surface area (Å²) in [5.41, 5.74) is 2.32. The van der Waals surface area contributed by atoms with Crippen molar-refractivity contribution in [3.8, 4) is 0 Å². The van der Waals surface area contributed by atoms with E-state index in [0.29, 0.717) is 12.3 Å². The van der Waals surface area contributed by atoms with E-state index in [-0.39, 0.29) is 11.6 Å². The molecule has 2 fully saturated rings. The molecule has 19 heavy (non-hydrogen) atoms. The van der Waals surface area contributed by atoms with Crippen molar-refractivity contribution in [3.63, 3.8) is 0 Å². The van der Waals surface area contributed by atoms with Crippen molar-refractivity contribution >= 4 is 5.78 Å². The Morgan fingerprint density at radius 2 is 1.89 bits per heavy atom. The van der Waals surface area contributed by atoms with Crippen molar-refractivity contribution in [1.29, 1.82) is 0 Å². The van der Waals surface area contributed by atoms with Crippen LogP contribution in [0.3, 0.4) is 0 Å². The van der Waals surface area contributed by atoms with E-state index in [9.17, 15) is 9.18 Å². The highest BCUT2D eigenvalue weighted by atomic mass is 19.1. The lowest BCUT2D eigenvalue weighted by Gasteiger charge is -2.21. The lowest BCUT2D eigenvalue weighted by molar-refractivity contribution is 0.0943. The Bertz CT molecular complexity index is 497. The second kappa shape index (κ2) is 4.73. The predicted molar refractivity (Wildman–Crippen MR) is 73.8 cm³/mol. The van der Waals surface area contributed by atoms with Gasteiger partial charge in [0.25, 0.3) is 0 Å². The first-order chi connectivity index (χ1) is 9.04. The molecule has 0 amide bonds. The van der Waals surface area contributed by atoms with Gasteiger partial charge in [0.15, 0.2) is 5.78 Å². The minimum atomic E-state index is -0.244. The fraction of sp³-hybridized carbons (Fsp3) is 0.588. The van der Waals surface area contributed by atoms with Gasteiger partial charge in [-0.15, -0.1) is 0 Å². The zero-order valence-corrected chi connectivity index (χ0v) is 11.7. The number of rotatable bonds is 3. The monoisotopic (exact) mass is 260 g/mol. The van der Waals surface area contributed by atoms with Crippen LogP contribution in [-0.4, -0.2) is 5.78 Å². The molecule has 3 rings (SSSR count). The summed E-state index contributed by atoms with van der Waals surface area (Å²) in [5, 5.41) is 0. The van der Waals surface area contributed by atoms with Crippen molar-refractivity contribution in [1.82, 2.24) is 0 Å². The van der Waals surface area contributed by atoms with Crippen LogP contribution in [0.5, 0.6) is 0 Å². The molecule has 2 saturated carbocycles. The number of hydrogen-bond donors (Lipinski definition) is 0. The number of aryl methyl sites for hydroxylation is 2. The van der Waals surface area contributed by atoms with Gasteiger partial charge in [0.1, 0.15) is 5.82 Å². The summed E-state index contributed by atoms with van der Waals surface area (Å²) in [6.07, 6.45) is 5.90. The third-order valence-electron chi connectivity index (χ3n) is 5.11. The molecule has 1 nitrogen and oxygen atoms in total. The van der Waals surface area contributed by atoms with Crippen LogP contribution in [0.15, 0.2) is 12.1 Å². The molecule has 0 aliphatic heterocycles. The van der Waals surface area contributed by atoms with Gasteiger partial charge in [-0.3, -0.25) is 4.79 Å². The Labute approximate surface area is 114 Å². The lowest BCUT2D eigenvalue weighted by Crippen LogP contribution is -2.16. The topological polar surface area (TPSA) is 17.1 Å². The Morgan fingerprint density at radius 3 is 2.42 bits per heavy atom. The molecule has 1 aromatic carbocycles. The van der Waals surface area contributed by atoms with E-state index in [1.807, 2.05) is 13.8 Å². The molecule has 0 spiro atoms. The Balaban J connectivity index is 1.77. The summed E-state index contributed by atoms with van der Waals surface area (Å²) < 4.78 is 13.3. The van der Waals surface area contributed by atoms with Crippen molar-refractivity contribution in [2.45, 2.75) is 46.0 Å². The van der Waals surface area contributed by atoms with Gasteiger partial charge in [0.2, 0.25) is 0 Å². The zero-order valence-electron chi connectivity index (χ0n) is 11.7. The van der Waals surface area contributed by atoms with Gasteiger partial charge >= 0.3 is 0 Å². The van der Waals surface area contributed by atoms with E-state index in [1.54, 1.807) is 0 Å². The van der Waals surface area contributed by atoms with Gasteiger partial charge < -0.3 is 0 Å². The van der Waals surface area contributed by atoms with Gasteiger partial charge in [-0.05, 0) is 74.1 Å². The maximum absolute atomic E-state index is 13.3. The Morgan fingerprint density at radius 1 is 1.21 bits per heavy atom.